The van der Waals surface area contributed by atoms with E-state index in [1.54, 1.807) is 6.21 Å². The number of sulfonamides is 1. The van der Waals surface area contributed by atoms with Gasteiger partial charge in [-0.3, -0.25) is 4.79 Å². The van der Waals surface area contributed by atoms with Gasteiger partial charge in [-0.1, -0.05) is 17.7 Å². The lowest BCUT2D eigenvalue weighted by Crippen LogP contribution is -2.10. The Morgan fingerprint density at radius 3 is 2.87 bits per heavy atom. The molecule has 1 aromatic heterocycles. The molecule has 0 fully saturated rings. The number of benzene rings is 1. The Hall–Kier alpha value is -1.54. The van der Waals surface area contributed by atoms with Crippen molar-refractivity contribution < 1.29 is 13.2 Å². The summed E-state index contributed by atoms with van der Waals surface area (Å²) in [5.74, 6) is -0.402. The van der Waals surface area contributed by atoms with E-state index < -0.39 is 15.9 Å². The molecule has 1 unspecified atom stereocenters. The lowest BCUT2D eigenvalue weighted by atomic mass is 10.0. The van der Waals surface area contributed by atoms with Crippen molar-refractivity contribution in [2.45, 2.75) is 23.0 Å². The highest BCUT2D eigenvalue weighted by Gasteiger charge is 2.21. The number of halogens is 1. The number of carbonyl (C=O) groups is 1. The third-order valence-electron chi connectivity index (χ3n) is 3.70. The molecule has 3 rings (SSSR count). The fourth-order valence-corrected chi connectivity index (χ4v) is 4.36. The van der Waals surface area contributed by atoms with Gasteiger partial charge in [-0.25, -0.2) is 18.5 Å². The summed E-state index contributed by atoms with van der Waals surface area (Å²) in [6.45, 7) is 0. The van der Waals surface area contributed by atoms with Gasteiger partial charge < -0.3 is 0 Å². The molecule has 1 aromatic carbocycles. The number of hydrogen-bond acceptors (Lipinski definition) is 4. The van der Waals surface area contributed by atoms with Gasteiger partial charge in [0, 0.05) is 22.5 Å². The largest absolute Gasteiger partial charge is 0.277 e. The minimum atomic E-state index is -3.79. The van der Waals surface area contributed by atoms with Gasteiger partial charge in [0.15, 0.2) is 0 Å². The maximum atomic E-state index is 12.1. The van der Waals surface area contributed by atoms with E-state index in [-0.39, 0.29) is 15.7 Å². The van der Waals surface area contributed by atoms with E-state index >= 15 is 0 Å². The number of primary sulfonamides is 1. The number of carbonyl (C=O) groups excluding carboxylic acids is 1. The van der Waals surface area contributed by atoms with E-state index in [2.05, 4.69) is 4.99 Å². The van der Waals surface area contributed by atoms with Crippen molar-refractivity contribution in [2.75, 3.05) is 0 Å². The van der Waals surface area contributed by atoms with Crippen LogP contribution in [-0.2, 0) is 16.4 Å². The second kappa shape index (κ2) is 6.16. The van der Waals surface area contributed by atoms with Gasteiger partial charge >= 0.3 is 0 Å². The highest BCUT2D eigenvalue weighted by atomic mass is 35.5. The molecule has 23 heavy (non-hydrogen) atoms. The summed E-state index contributed by atoms with van der Waals surface area (Å²) in [7, 11) is -3.79. The Morgan fingerprint density at radius 2 is 2.17 bits per heavy atom. The number of nitrogens with two attached hydrogens (primary N) is 1. The summed E-state index contributed by atoms with van der Waals surface area (Å²) in [6, 6.07) is 6.97. The van der Waals surface area contributed by atoms with E-state index in [0.717, 1.165) is 29.7 Å². The molecule has 5 nitrogen and oxygen atoms in total. The fourth-order valence-electron chi connectivity index (χ4n) is 2.58. The Bertz CT molecular complexity index is 903. The van der Waals surface area contributed by atoms with Crippen molar-refractivity contribution in [3.05, 3.63) is 51.4 Å². The summed E-state index contributed by atoms with van der Waals surface area (Å²) in [5.41, 5.74) is 2.53. The normalized spacial score (nSPS) is 17.6. The van der Waals surface area contributed by atoms with E-state index in [0.29, 0.717) is 5.02 Å². The van der Waals surface area contributed by atoms with Gasteiger partial charge in [0.05, 0.1) is 5.56 Å². The van der Waals surface area contributed by atoms with E-state index in [9.17, 15) is 13.2 Å². The molecule has 8 heteroatoms. The standard InChI is InChI=1S/C15H13ClN2O3S2/c16-12-3-4-13-9(5-12)1-2-10(13)7-18-15(19)11-6-14(22-8-11)23(17,20)21/h3-8,10H,1-2H2,(H2,17,20,21). The van der Waals surface area contributed by atoms with Crippen molar-refractivity contribution in [1.29, 1.82) is 0 Å². The second-order valence-electron chi connectivity index (χ2n) is 5.27. The maximum Gasteiger partial charge on any atom is 0.277 e. The van der Waals surface area contributed by atoms with Crippen LogP contribution in [0.25, 0.3) is 0 Å². The molecule has 0 spiro atoms. The van der Waals surface area contributed by atoms with Gasteiger partial charge in [0.25, 0.3) is 5.91 Å². The van der Waals surface area contributed by atoms with E-state index in [4.69, 9.17) is 16.7 Å². The Labute approximate surface area is 142 Å². The molecule has 120 valence electrons. The summed E-state index contributed by atoms with van der Waals surface area (Å²) < 4.78 is 22.4. The predicted molar refractivity (Wildman–Crippen MR) is 91.0 cm³/mol. The van der Waals surface area contributed by atoms with Crippen molar-refractivity contribution in [3.8, 4) is 0 Å². The average Bonchev–Trinajstić information content (AvgIpc) is 3.11. The Kier molecular flexibility index (Phi) is 4.37. The Balaban J connectivity index is 1.77. The minimum absolute atomic E-state index is 0.0445. The van der Waals surface area contributed by atoms with Crippen LogP contribution in [0.2, 0.25) is 5.02 Å². The number of thiophene rings is 1. The molecule has 0 aliphatic heterocycles. The zero-order valence-corrected chi connectivity index (χ0v) is 14.3. The van der Waals surface area contributed by atoms with Crippen LogP contribution in [-0.4, -0.2) is 20.5 Å². The number of aryl methyl sites for hydroxylation is 1. The van der Waals surface area contributed by atoms with Gasteiger partial charge in [0.1, 0.15) is 4.21 Å². The molecule has 0 saturated heterocycles. The number of nitrogens with zero attached hydrogens (tertiary/aromatic N) is 1. The zero-order chi connectivity index (χ0) is 16.6. The summed E-state index contributed by atoms with van der Waals surface area (Å²) in [6.07, 6.45) is 3.39. The van der Waals surface area contributed by atoms with Gasteiger partial charge in [-0.05, 0) is 42.2 Å². The molecular weight excluding hydrogens is 356 g/mol. The monoisotopic (exact) mass is 368 g/mol. The number of amides is 1. The first-order valence-electron chi connectivity index (χ1n) is 6.83. The minimum Gasteiger partial charge on any atom is -0.267 e. The molecule has 0 saturated carbocycles. The molecule has 2 aromatic rings. The third-order valence-corrected chi connectivity index (χ3v) is 6.33. The van der Waals surface area contributed by atoms with Gasteiger partial charge in [-0.15, -0.1) is 11.3 Å². The maximum absolute atomic E-state index is 12.1. The third kappa shape index (κ3) is 3.53. The summed E-state index contributed by atoms with van der Waals surface area (Å²) in [4.78, 5) is 16.0. The smallest absolute Gasteiger partial charge is 0.267 e. The van der Waals surface area contributed by atoms with Crippen molar-refractivity contribution in [1.82, 2.24) is 0 Å². The Morgan fingerprint density at radius 1 is 1.39 bits per heavy atom. The molecule has 1 heterocycles. The molecule has 1 aliphatic carbocycles. The molecular formula is C15H13ClN2O3S2. The predicted octanol–water partition coefficient (Wildman–Crippen LogP) is 2.99. The SMILES string of the molecule is NS(=O)(=O)c1cc(C(=O)N=CC2CCc3cc(Cl)ccc32)cs1. The van der Waals surface area contributed by atoms with Crippen molar-refractivity contribution in [2.24, 2.45) is 10.1 Å². The van der Waals surface area contributed by atoms with E-state index in [1.807, 2.05) is 18.2 Å². The first-order chi connectivity index (χ1) is 10.8. The molecule has 1 atom stereocenters. The quantitative estimate of drug-likeness (QED) is 0.844. The van der Waals surface area contributed by atoms with Crippen LogP contribution in [0.15, 0.2) is 38.8 Å². The lowest BCUT2D eigenvalue weighted by Gasteiger charge is -2.04. The molecule has 0 bridgehead atoms. The molecule has 2 N–H and O–H groups in total. The van der Waals surface area contributed by atoms with Crippen molar-refractivity contribution >= 4 is 45.1 Å². The summed E-state index contributed by atoms with van der Waals surface area (Å²) >= 11 is 6.88. The number of aliphatic imine (C=N–C) groups is 1. The molecule has 1 amide bonds. The lowest BCUT2D eigenvalue weighted by molar-refractivity contribution is 0.100. The van der Waals surface area contributed by atoms with Gasteiger partial charge in [-0.2, -0.15) is 0 Å². The highest BCUT2D eigenvalue weighted by molar-refractivity contribution is 7.91. The number of rotatable bonds is 3. The highest BCUT2D eigenvalue weighted by Crippen LogP contribution is 2.33. The second-order valence-corrected chi connectivity index (χ2v) is 8.41. The topological polar surface area (TPSA) is 89.6 Å². The van der Waals surface area contributed by atoms with E-state index in [1.165, 1.54) is 17.0 Å². The van der Waals surface area contributed by atoms with Crippen LogP contribution in [0.1, 0.15) is 33.8 Å². The van der Waals surface area contributed by atoms with Crippen molar-refractivity contribution in [3.63, 3.8) is 0 Å². The van der Waals surface area contributed by atoms with Crippen LogP contribution >= 0.6 is 22.9 Å². The number of fused-ring (bicyclic) bond motifs is 1. The van der Waals surface area contributed by atoms with Gasteiger partial charge in [0.2, 0.25) is 10.0 Å². The van der Waals surface area contributed by atoms with Crippen LogP contribution in [0.5, 0.6) is 0 Å². The first kappa shape index (κ1) is 16.3. The fraction of sp³-hybridized carbons (Fsp3) is 0.200. The summed E-state index contributed by atoms with van der Waals surface area (Å²) in [5, 5.41) is 7.18. The number of hydrogen-bond donors (Lipinski definition) is 1. The van der Waals surface area contributed by atoms with Crippen LogP contribution in [0.3, 0.4) is 0 Å². The first-order valence-corrected chi connectivity index (χ1v) is 9.63. The molecule has 1 aliphatic rings. The molecule has 0 radical (unpaired) electrons. The zero-order valence-electron chi connectivity index (χ0n) is 11.9. The average molecular weight is 369 g/mol. The van der Waals surface area contributed by atoms with Crippen LogP contribution in [0.4, 0.5) is 0 Å². The van der Waals surface area contributed by atoms with Crippen LogP contribution in [0, 0.1) is 0 Å². The van der Waals surface area contributed by atoms with Crippen LogP contribution < -0.4 is 5.14 Å².